The van der Waals surface area contributed by atoms with Crippen LogP contribution in [0.25, 0.3) is 0 Å². The van der Waals surface area contributed by atoms with Crippen LogP contribution in [0.1, 0.15) is 50.6 Å². The lowest BCUT2D eigenvalue weighted by Crippen LogP contribution is -2.14. The average molecular weight is 225 g/mol. The Labute approximate surface area is 95.6 Å². The number of nitrogens with zero attached hydrogens (tertiary/aromatic N) is 2. The minimum Gasteiger partial charge on any atom is -0.373 e. The summed E-state index contributed by atoms with van der Waals surface area (Å²) >= 11 is 0. The first-order chi connectivity index (χ1) is 7.72. The maximum atomic E-state index is 5.37. The predicted molar refractivity (Wildman–Crippen MR) is 58.9 cm³/mol. The van der Waals surface area contributed by atoms with Gasteiger partial charge in [-0.2, -0.15) is 4.98 Å². The molecule has 5 heteroatoms. The lowest BCUT2D eigenvalue weighted by atomic mass is 10.1. The van der Waals surface area contributed by atoms with Gasteiger partial charge in [-0.3, -0.25) is 0 Å². The van der Waals surface area contributed by atoms with Crippen molar-refractivity contribution >= 4 is 0 Å². The summed E-state index contributed by atoms with van der Waals surface area (Å²) in [5.41, 5.74) is 0. The van der Waals surface area contributed by atoms with E-state index in [9.17, 15) is 0 Å². The van der Waals surface area contributed by atoms with Crippen LogP contribution in [-0.4, -0.2) is 23.8 Å². The van der Waals surface area contributed by atoms with E-state index in [1.165, 1.54) is 6.42 Å². The summed E-state index contributed by atoms with van der Waals surface area (Å²) in [4.78, 5) is 4.42. The number of ether oxygens (including phenoxy) is 1. The number of aromatic nitrogens is 2. The first-order valence-electron chi connectivity index (χ1n) is 5.82. The Bertz CT molecular complexity index is 332. The Kier molecular flexibility index (Phi) is 3.56. The van der Waals surface area contributed by atoms with Gasteiger partial charge in [-0.25, -0.2) is 0 Å². The maximum Gasteiger partial charge on any atom is 0.243 e. The van der Waals surface area contributed by atoms with E-state index in [0.717, 1.165) is 13.0 Å². The summed E-state index contributed by atoms with van der Waals surface area (Å²) in [6.45, 7) is 5.19. The summed E-state index contributed by atoms with van der Waals surface area (Å²) in [6.07, 6.45) is 2.15. The number of methoxy groups -OCH3 is 1. The van der Waals surface area contributed by atoms with Crippen LogP contribution in [-0.2, 0) is 4.74 Å². The minimum absolute atomic E-state index is 0.0843. The molecule has 0 saturated carbocycles. The molecule has 2 atom stereocenters. The molecule has 1 aliphatic heterocycles. The molecule has 0 bridgehead atoms. The first kappa shape index (κ1) is 11.5. The minimum atomic E-state index is -0.0843. The number of nitrogens with one attached hydrogen (secondary N) is 1. The fourth-order valence-electron chi connectivity index (χ4n) is 2.08. The van der Waals surface area contributed by atoms with Crippen molar-refractivity contribution in [3.05, 3.63) is 11.7 Å². The smallest absolute Gasteiger partial charge is 0.243 e. The van der Waals surface area contributed by atoms with Crippen molar-refractivity contribution in [3.8, 4) is 0 Å². The van der Waals surface area contributed by atoms with Crippen molar-refractivity contribution in [1.29, 1.82) is 0 Å². The fourth-order valence-corrected chi connectivity index (χ4v) is 2.08. The first-order valence-corrected chi connectivity index (χ1v) is 5.82. The lowest BCUT2D eigenvalue weighted by Gasteiger charge is -2.14. The topological polar surface area (TPSA) is 60.2 Å². The van der Waals surface area contributed by atoms with E-state index in [4.69, 9.17) is 9.26 Å². The van der Waals surface area contributed by atoms with Crippen molar-refractivity contribution in [2.75, 3.05) is 13.7 Å². The third-order valence-electron chi connectivity index (χ3n) is 2.93. The number of rotatable bonds is 4. The normalized spacial score (nSPS) is 22.9. The molecule has 0 amide bonds. The predicted octanol–water partition coefficient (Wildman–Crippen LogP) is 1.84. The van der Waals surface area contributed by atoms with Crippen LogP contribution in [0.15, 0.2) is 4.52 Å². The molecule has 90 valence electrons. The highest BCUT2D eigenvalue weighted by Gasteiger charge is 2.26. The molecule has 1 saturated heterocycles. The Hall–Kier alpha value is -0.940. The van der Waals surface area contributed by atoms with Gasteiger partial charge < -0.3 is 14.6 Å². The van der Waals surface area contributed by atoms with Gasteiger partial charge in [0.15, 0.2) is 0 Å². The molecule has 0 aliphatic carbocycles. The Morgan fingerprint density at radius 1 is 1.50 bits per heavy atom. The zero-order valence-electron chi connectivity index (χ0n) is 10.1. The molecule has 1 N–H and O–H groups in total. The van der Waals surface area contributed by atoms with Crippen LogP contribution in [0.3, 0.4) is 0 Å². The van der Waals surface area contributed by atoms with Gasteiger partial charge in [0.2, 0.25) is 11.7 Å². The molecule has 0 aromatic carbocycles. The molecule has 0 radical (unpaired) electrons. The molecule has 1 aromatic heterocycles. The third-order valence-corrected chi connectivity index (χ3v) is 2.93. The largest absolute Gasteiger partial charge is 0.373 e. The van der Waals surface area contributed by atoms with Gasteiger partial charge >= 0.3 is 0 Å². The van der Waals surface area contributed by atoms with Crippen LogP contribution in [0.5, 0.6) is 0 Å². The van der Waals surface area contributed by atoms with Crippen molar-refractivity contribution < 1.29 is 9.26 Å². The second kappa shape index (κ2) is 4.93. The standard InChI is InChI=1S/C11H19N3O2/c1-7(2)9(15-3)10-13-11(16-14-10)8-5-4-6-12-8/h7-9,12H,4-6H2,1-3H3. The molecule has 0 spiro atoms. The second-order valence-electron chi connectivity index (χ2n) is 4.54. The molecule has 1 aromatic rings. The molecule has 2 unspecified atom stereocenters. The van der Waals surface area contributed by atoms with Crippen LogP contribution in [0, 0.1) is 5.92 Å². The SMILES string of the molecule is COC(c1noc(C2CCCN2)n1)C(C)C. The van der Waals surface area contributed by atoms with Gasteiger partial charge in [-0.15, -0.1) is 0 Å². The van der Waals surface area contributed by atoms with Gasteiger partial charge in [0, 0.05) is 7.11 Å². The summed E-state index contributed by atoms with van der Waals surface area (Å²) in [6, 6.07) is 0.228. The molecule has 1 aliphatic rings. The molecule has 16 heavy (non-hydrogen) atoms. The van der Waals surface area contributed by atoms with E-state index in [2.05, 4.69) is 29.3 Å². The third kappa shape index (κ3) is 2.25. The maximum absolute atomic E-state index is 5.37. The summed E-state index contributed by atoms with van der Waals surface area (Å²) < 4.78 is 10.6. The highest BCUT2D eigenvalue weighted by molar-refractivity contribution is 4.98. The van der Waals surface area contributed by atoms with E-state index >= 15 is 0 Å². The van der Waals surface area contributed by atoms with Crippen LogP contribution >= 0.6 is 0 Å². The van der Waals surface area contributed by atoms with E-state index in [-0.39, 0.29) is 12.1 Å². The molecular formula is C11H19N3O2. The molecule has 5 nitrogen and oxygen atoms in total. The fraction of sp³-hybridized carbons (Fsp3) is 0.818. The summed E-state index contributed by atoms with van der Waals surface area (Å²) in [5, 5.41) is 7.34. The molecule has 2 heterocycles. The van der Waals surface area contributed by atoms with Crippen molar-refractivity contribution in [3.63, 3.8) is 0 Å². The number of hydrogen-bond acceptors (Lipinski definition) is 5. The van der Waals surface area contributed by atoms with E-state index in [1.54, 1.807) is 7.11 Å². The Balaban J connectivity index is 2.11. The van der Waals surface area contributed by atoms with E-state index in [0.29, 0.717) is 17.6 Å². The second-order valence-corrected chi connectivity index (χ2v) is 4.54. The Morgan fingerprint density at radius 2 is 2.31 bits per heavy atom. The summed E-state index contributed by atoms with van der Waals surface area (Å²) in [5.74, 6) is 1.68. The number of hydrogen-bond donors (Lipinski definition) is 1. The van der Waals surface area contributed by atoms with Crippen LogP contribution in [0.2, 0.25) is 0 Å². The monoisotopic (exact) mass is 225 g/mol. The zero-order valence-corrected chi connectivity index (χ0v) is 10.1. The van der Waals surface area contributed by atoms with Crippen LogP contribution in [0.4, 0.5) is 0 Å². The molecule has 2 rings (SSSR count). The molecule has 1 fully saturated rings. The van der Waals surface area contributed by atoms with Gasteiger partial charge in [0.1, 0.15) is 6.10 Å². The zero-order chi connectivity index (χ0) is 11.5. The quantitative estimate of drug-likeness (QED) is 0.847. The van der Waals surface area contributed by atoms with Gasteiger partial charge in [0.25, 0.3) is 0 Å². The van der Waals surface area contributed by atoms with E-state index in [1.807, 2.05) is 0 Å². The highest BCUT2D eigenvalue weighted by atomic mass is 16.5. The van der Waals surface area contributed by atoms with Crippen molar-refractivity contribution in [2.24, 2.45) is 5.92 Å². The van der Waals surface area contributed by atoms with Crippen molar-refractivity contribution in [2.45, 2.75) is 38.8 Å². The van der Waals surface area contributed by atoms with E-state index < -0.39 is 0 Å². The molecular weight excluding hydrogens is 206 g/mol. The van der Waals surface area contributed by atoms with Gasteiger partial charge in [0.05, 0.1) is 6.04 Å². The average Bonchev–Trinajstić information content (AvgIpc) is 2.86. The van der Waals surface area contributed by atoms with Gasteiger partial charge in [-0.05, 0) is 25.3 Å². The van der Waals surface area contributed by atoms with Gasteiger partial charge in [-0.1, -0.05) is 19.0 Å². The Morgan fingerprint density at radius 3 is 2.88 bits per heavy atom. The highest BCUT2D eigenvalue weighted by Crippen LogP contribution is 2.26. The lowest BCUT2D eigenvalue weighted by molar-refractivity contribution is 0.0555. The van der Waals surface area contributed by atoms with Crippen LogP contribution < -0.4 is 5.32 Å². The van der Waals surface area contributed by atoms with Crippen molar-refractivity contribution in [1.82, 2.24) is 15.5 Å². The summed E-state index contributed by atoms with van der Waals surface area (Å²) in [7, 11) is 1.68.